The SMILES string of the molecule is C[C@H](N)c1ccc(N=CC(F)=CN)nc1. The number of nitrogens with zero attached hydrogens (tertiary/aromatic N) is 2. The molecule has 4 N–H and O–H groups in total. The molecule has 0 aliphatic heterocycles. The van der Waals surface area contributed by atoms with Crippen molar-refractivity contribution in [3.63, 3.8) is 0 Å². The molecule has 0 amide bonds. The first-order valence-electron chi connectivity index (χ1n) is 4.46. The molecule has 4 nitrogen and oxygen atoms in total. The second kappa shape index (κ2) is 5.21. The van der Waals surface area contributed by atoms with E-state index in [0.29, 0.717) is 5.82 Å². The van der Waals surface area contributed by atoms with Gasteiger partial charge >= 0.3 is 0 Å². The first-order valence-corrected chi connectivity index (χ1v) is 4.46. The molecule has 0 aliphatic rings. The molecule has 0 aliphatic carbocycles. The zero-order valence-electron chi connectivity index (χ0n) is 8.39. The largest absolute Gasteiger partial charge is 0.402 e. The van der Waals surface area contributed by atoms with Crippen LogP contribution in [-0.2, 0) is 0 Å². The third-order valence-corrected chi connectivity index (χ3v) is 1.78. The van der Waals surface area contributed by atoms with Gasteiger partial charge in [-0.25, -0.2) is 14.4 Å². The molecule has 0 fully saturated rings. The van der Waals surface area contributed by atoms with Crippen molar-refractivity contribution in [1.29, 1.82) is 0 Å². The maximum atomic E-state index is 12.6. The van der Waals surface area contributed by atoms with Crippen LogP contribution in [0.25, 0.3) is 0 Å². The second-order valence-corrected chi connectivity index (χ2v) is 3.05. The third kappa shape index (κ3) is 3.47. The number of pyridine rings is 1. The fourth-order valence-corrected chi connectivity index (χ4v) is 0.914. The van der Waals surface area contributed by atoms with Gasteiger partial charge in [-0.1, -0.05) is 6.07 Å². The maximum absolute atomic E-state index is 12.6. The van der Waals surface area contributed by atoms with E-state index in [0.717, 1.165) is 18.0 Å². The first kappa shape index (κ1) is 11.3. The van der Waals surface area contributed by atoms with Gasteiger partial charge in [-0.05, 0) is 18.6 Å². The highest BCUT2D eigenvalue weighted by Gasteiger charge is 1.98. The first-order chi connectivity index (χ1) is 7.13. The standard InChI is InChI=1S/C10H13FN4/c1-7(13)8-2-3-10(14-5-8)15-6-9(11)4-12/h2-7H,12-13H2,1H3/t7-/m0/s1. The second-order valence-electron chi connectivity index (χ2n) is 3.05. The van der Waals surface area contributed by atoms with Crippen LogP contribution >= 0.6 is 0 Å². The summed E-state index contributed by atoms with van der Waals surface area (Å²) in [5.74, 6) is -0.190. The monoisotopic (exact) mass is 208 g/mol. The number of aromatic nitrogens is 1. The number of rotatable bonds is 3. The van der Waals surface area contributed by atoms with E-state index in [1.54, 1.807) is 18.3 Å². The normalized spacial score (nSPS) is 14.5. The summed E-state index contributed by atoms with van der Waals surface area (Å²) in [7, 11) is 0. The van der Waals surface area contributed by atoms with E-state index in [1.807, 2.05) is 6.92 Å². The smallest absolute Gasteiger partial charge is 0.156 e. The Labute approximate surface area is 87.5 Å². The minimum atomic E-state index is -0.604. The Hall–Kier alpha value is -1.75. The molecule has 1 rings (SSSR count). The van der Waals surface area contributed by atoms with Gasteiger partial charge in [0, 0.05) is 18.4 Å². The van der Waals surface area contributed by atoms with E-state index in [-0.39, 0.29) is 6.04 Å². The molecule has 1 atom stereocenters. The zero-order valence-corrected chi connectivity index (χ0v) is 8.39. The van der Waals surface area contributed by atoms with Crippen molar-refractivity contribution >= 4 is 12.0 Å². The summed E-state index contributed by atoms with van der Waals surface area (Å²) in [4.78, 5) is 7.77. The Kier molecular flexibility index (Phi) is 3.93. The maximum Gasteiger partial charge on any atom is 0.156 e. The van der Waals surface area contributed by atoms with Gasteiger partial charge in [0.15, 0.2) is 11.6 Å². The van der Waals surface area contributed by atoms with E-state index in [2.05, 4.69) is 9.98 Å². The Morgan fingerprint density at radius 3 is 2.80 bits per heavy atom. The number of hydrogen-bond acceptors (Lipinski definition) is 4. The third-order valence-electron chi connectivity index (χ3n) is 1.78. The van der Waals surface area contributed by atoms with Crippen LogP contribution in [0.15, 0.2) is 35.3 Å². The van der Waals surface area contributed by atoms with Crippen LogP contribution in [0, 0.1) is 0 Å². The Morgan fingerprint density at radius 2 is 2.33 bits per heavy atom. The lowest BCUT2D eigenvalue weighted by Gasteiger charge is -2.03. The molecule has 0 radical (unpaired) electrons. The summed E-state index contributed by atoms with van der Waals surface area (Å²) in [6.07, 6.45) is 3.45. The lowest BCUT2D eigenvalue weighted by atomic mass is 10.2. The van der Waals surface area contributed by atoms with Crippen molar-refractivity contribution < 1.29 is 4.39 Å². The molecule has 5 heteroatoms. The van der Waals surface area contributed by atoms with Crippen LogP contribution in [0.1, 0.15) is 18.5 Å². The molecule has 0 aromatic carbocycles. The summed E-state index contributed by atoms with van der Waals surface area (Å²) < 4.78 is 12.6. The summed E-state index contributed by atoms with van der Waals surface area (Å²) in [5, 5.41) is 0. The number of allylic oxidation sites excluding steroid dienone is 1. The highest BCUT2D eigenvalue weighted by molar-refractivity contribution is 5.77. The molecular formula is C10H13FN4. The molecule has 80 valence electrons. The molecule has 1 heterocycles. The van der Waals surface area contributed by atoms with E-state index in [9.17, 15) is 4.39 Å². The topological polar surface area (TPSA) is 77.3 Å². The van der Waals surface area contributed by atoms with E-state index in [4.69, 9.17) is 11.5 Å². The Bertz CT molecular complexity index is 368. The van der Waals surface area contributed by atoms with E-state index < -0.39 is 5.83 Å². The molecule has 0 saturated heterocycles. The summed E-state index contributed by atoms with van der Waals surface area (Å²) >= 11 is 0. The van der Waals surface area contributed by atoms with Crippen molar-refractivity contribution in [2.45, 2.75) is 13.0 Å². The molecule has 0 saturated carbocycles. The predicted molar refractivity (Wildman–Crippen MR) is 58.4 cm³/mol. The molecule has 0 spiro atoms. The van der Waals surface area contributed by atoms with E-state index >= 15 is 0 Å². The van der Waals surface area contributed by atoms with Gasteiger partial charge < -0.3 is 11.5 Å². The van der Waals surface area contributed by atoms with Crippen LogP contribution in [0.4, 0.5) is 10.2 Å². The lowest BCUT2D eigenvalue weighted by Crippen LogP contribution is -2.04. The van der Waals surface area contributed by atoms with Crippen LogP contribution in [0.5, 0.6) is 0 Å². The number of nitrogens with two attached hydrogens (primary N) is 2. The molecule has 0 bridgehead atoms. The van der Waals surface area contributed by atoms with Gasteiger partial charge in [0.05, 0.1) is 6.21 Å². The van der Waals surface area contributed by atoms with Crippen LogP contribution < -0.4 is 11.5 Å². The number of hydrogen-bond donors (Lipinski definition) is 2. The summed E-state index contributed by atoms with van der Waals surface area (Å²) in [6.45, 7) is 1.86. The minimum Gasteiger partial charge on any atom is -0.402 e. The molecule has 0 unspecified atom stereocenters. The van der Waals surface area contributed by atoms with Crippen LogP contribution in [0.3, 0.4) is 0 Å². The fourth-order valence-electron chi connectivity index (χ4n) is 0.914. The Morgan fingerprint density at radius 1 is 1.60 bits per heavy atom. The van der Waals surface area contributed by atoms with Crippen molar-refractivity contribution in [3.05, 3.63) is 35.9 Å². The van der Waals surface area contributed by atoms with Gasteiger partial charge in [0.1, 0.15) is 0 Å². The van der Waals surface area contributed by atoms with Gasteiger partial charge in [-0.3, -0.25) is 0 Å². The quantitative estimate of drug-likeness (QED) is 0.740. The van der Waals surface area contributed by atoms with Crippen molar-refractivity contribution in [2.24, 2.45) is 16.5 Å². The van der Waals surface area contributed by atoms with Crippen LogP contribution in [-0.4, -0.2) is 11.2 Å². The zero-order chi connectivity index (χ0) is 11.3. The summed E-state index contributed by atoms with van der Waals surface area (Å²) in [6, 6.07) is 3.39. The Balaban J connectivity index is 2.77. The average molecular weight is 208 g/mol. The molecule has 15 heavy (non-hydrogen) atoms. The van der Waals surface area contributed by atoms with Crippen LogP contribution in [0.2, 0.25) is 0 Å². The van der Waals surface area contributed by atoms with Gasteiger partial charge in [0.2, 0.25) is 0 Å². The van der Waals surface area contributed by atoms with Crippen molar-refractivity contribution in [3.8, 4) is 0 Å². The minimum absolute atomic E-state index is 0.0730. The number of aliphatic imine (C=N–C) groups is 1. The highest BCUT2D eigenvalue weighted by atomic mass is 19.1. The number of halogens is 1. The van der Waals surface area contributed by atoms with Gasteiger partial charge in [0.25, 0.3) is 0 Å². The highest BCUT2D eigenvalue weighted by Crippen LogP contribution is 2.12. The average Bonchev–Trinajstić information content (AvgIpc) is 2.26. The molecular weight excluding hydrogens is 195 g/mol. The van der Waals surface area contributed by atoms with Gasteiger partial charge in [-0.2, -0.15) is 0 Å². The van der Waals surface area contributed by atoms with Gasteiger partial charge in [-0.15, -0.1) is 0 Å². The van der Waals surface area contributed by atoms with E-state index in [1.165, 1.54) is 0 Å². The fraction of sp³-hybridized carbons (Fsp3) is 0.200. The lowest BCUT2D eigenvalue weighted by molar-refractivity contribution is 0.683. The molecule has 1 aromatic rings. The van der Waals surface area contributed by atoms with Crippen molar-refractivity contribution in [1.82, 2.24) is 4.98 Å². The molecule has 1 aromatic heterocycles. The van der Waals surface area contributed by atoms with Crippen molar-refractivity contribution in [2.75, 3.05) is 0 Å². The summed E-state index contributed by atoms with van der Waals surface area (Å²) in [5.41, 5.74) is 11.5. The predicted octanol–water partition coefficient (Wildman–Crippen LogP) is 1.57.